The van der Waals surface area contributed by atoms with Gasteiger partial charge in [0.2, 0.25) is 5.91 Å². The van der Waals surface area contributed by atoms with Crippen LogP contribution in [0.5, 0.6) is 11.5 Å². The van der Waals surface area contributed by atoms with Crippen LogP contribution in [0.3, 0.4) is 0 Å². The monoisotopic (exact) mass is 381 g/mol. The molecule has 0 bridgehead atoms. The van der Waals surface area contributed by atoms with Crippen LogP contribution in [-0.2, 0) is 11.2 Å². The standard InChI is InChI=1S/C22H27N3O3/c1-14(2)11-19(22-24-17-7-5-6-8-18(17)25-22)23-21(26)12-15-9-10-16(27-3)13-20(15)28-4/h5-10,13-14,19H,11-12H2,1-4H3,(H,23,26)(H,24,25)/t19-/m0/s1. The van der Waals surface area contributed by atoms with E-state index in [-0.39, 0.29) is 18.4 Å². The summed E-state index contributed by atoms with van der Waals surface area (Å²) in [5, 5.41) is 3.13. The van der Waals surface area contributed by atoms with Crippen molar-refractivity contribution in [3.05, 3.63) is 53.9 Å². The minimum absolute atomic E-state index is 0.0745. The molecule has 3 rings (SSSR count). The quantitative estimate of drug-likeness (QED) is 0.618. The Balaban J connectivity index is 1.78. The number of ether oxygens (including phenoxy) is 2. The second-order valence-corrected chi connectivity index (χ2v) is 7.24. The lowest BCUT2D eigenvalue weighted by atomic mass is 10.0. The summed E-state index contributed by atoms with van der Waals surface area (Å²) in [5.74, 6) is 2.45. The Bertz CT molecular complexity index is 916. The van der Waals surface area contributed by atoms with Gasteiger partial charge in [0.25, 0.3) is 0 Å². The molecule has 1 amide bonds. The van der Waals surface area contributed by atoms with Gasteiger partial charge in [0.05, 0.1) is 37.7 Å². The number of rotatable bonds is 8. The van der Waals surface area contributed by atoms with Crippen LogP contribution < -0.4 is 14.8 Å². The van der Waals surface area contributed by atoms with Crippen molar-refractivity contribution in [3.63, 3.8) is 0 Å². The molecule has 0 saturated heterocycles. The van der Waals surface area contributed by atoms with Crippen molar-refractivity contribution >= 4 is 16.9 Å². The molecule has 2 N–H and O–H groups in total. The molecule has 3 aromatic rings. The summed E-state index contributed by atoms with van der Waals surface area (Å²) in [6, 6.07) is 13.2. The van der Waals surface area contributed by atoms with E-state index in [2.05, 4.69) is 29.1 Å². The average molecular weight is 381 g/mol. The number of H-pyrrole nitrogens is 1. The number of hydrogen-bond acceptors (Lipinski definition) is 4. The molecule has 0 fully saturated rings. The number of nitrogens with one attached hydrogen (secondary N) is 2. The van der Waals surface area contributed by atoms with Gasteiger partial charge in [-0.05, 0) is 30.5 Å². The number of para-hydroxylation sites is 2. The zero-order chi connectivity index (χ0) is 20.1. The first-order chi connectivity index (χ1) is 13.5. The highest BCUT2D eigenvalue weighted by molar-refractivity contribution is 5.80. The van der Waals surface area contributed by atoms with E-state index in [1.54, 1.807) is 20.3 Å². The Morgan fingerprint density at radius 2 is 1.93 bits per heavy atom. The van der Waals surface area contributed by atoms with Crippen LogP contribution in [0.2, 0.25) is 0 Å². The third-order valence-corrected chi connectivity index (χ3v) is 4.63. The lowest BCUT2D eigenvalue weighted by Gasteiger charge is -2.19. The van der Waals surface area contributed by atoms with Gasteiger partial charge in [0.15, 0.2) is 0 Å². The molecule has 0 unspecified atom stereocenters. The lowest BCUT2D eigenvalue weighted by molar-refractivity contribution is -0.121. The maximum Gasteiger partial charge on any atom is 0.225 e. The summed E-state index contributed by atoms with van der Waals surface area (Å²) in [4.78, 5) is 20.8. The van der Waals surface area contributed by atoms with Crippen molar-refractivity contribution in [1.82, 2.24) is 15.3 Å². The molecule has 1 atom stereocenters. The van der Waals surface area contributed by atoms with Crippen molar-refractivity contribution in [2.45, 2.75) is 32.7 Å². The van der Waals surface area contributed by atoms with Gasteiger partial charge in [-0.3, -0.25) is 4.79 Å². The van der Waals surface area contributed by atoms with Gasteiger partial charge in [0.1, 0.15) is 17.3 Å². The van der Waals surface area contributed by atoms with Gasteiger partial charge < -0.3 is 19.8 Å². The molecular formula is C22H27N3O3. The highest BCUT2D eigenvalue weighted by atomic mass is 16.5. The van der Waals surface area contributed by atoms with Crippen LogP contribution in [0.15, 0.2) is 42.5 Å². The number of nitrogens with zero attached hydrogens (tertiary/aromatic N) is 1. The normalized spacial score (nSPS) is 12.2. The number of benzene rings is 2. The Kier molecular flexibility index (Phi) is 6.19. The number of imidazole rings is 1. The molecule has 6 heteroatoms. The number of aromatic amines is 1. The van der Waals surface area contributed by atoms with Crippen LogP contribution in [0.1, 0.15) is 37.7 Å². The number of amides is 1. The van der Waals surface area contributed by atoms with E-state index in [9.17, 15) is 4.79 Å². The van der Waals surface area contributed by atoms with Crippen molar-refractivity contribution in [2.75, 3.05) is 14.2 Å². The molecule has 0 radical (unpaired) electrons. The van der Waals surface area contributed by atoms with Crippen LogP contribution in [0.4, 0.5) is 0 Å². The molecule has 28 heavy (non-hydrogen) atoms. The summed E-state index contributed by atoms with van der Waals surface area (Å²) in [5.41, 5.74) is 2.68. The third-order valence-electron chi connectivity index (χ3n) is 4.63. The van der Waals surface area contributed by atoms with Crippen LogP contribution in [0, 0.1) is 5.92 Å². The maximum absolute atomic E-state index is 12.8. The van der Waals surface area contributed by atoms with E-state index in [1.807, 2.05) is 36.4 Å². The maximum atomic E-state index is 12.8. The number of hydrogen-bond donors (Lipinski definition) is 2. The second-order valence-electron chi connectivity index (χ2n) is 7.24. The Morgan fingerprint density at radius 1 is 1.14 bits per heavy atom. The van der Waals surface area contributed by atoms with Crippen LogP contribution >= 0.6 is 0 Å². The van der Waals surface area contributed by atoms with Gasteiger partial charge in [-0.2, -0.15) is 0 Å². The first-order valence-electron chi connectivity index (χ1n) is 9.45. The molecule has 0 saturated carbocycles. The molecule has 148 valence electrons. The zero-order valence-electron chi connectivity index (χ0n) is 16.8. The molecule has 2 aromatic carbocycles. The number of fused-ring (bicyclic) bond motifs is 1. The summed E-state index contributed by atoms with van der Waals surface area (Å²) >= 11 is 0. The zero-order valence-corrected chi connectivity index (χ0v) is 16.8. The van der Waals surface area contributed by atoms with Gasteiger partial charge >= 0.3 is 0 Å². The molecule has 0 spiro atoms. The number of aromatic nitrogens is 2. The first kappa shape index (κ1) is 19.7. The van der Waals surface area contributed by atoms with Gasteiger partial charge in [0, 0.05) is 11.6 Å². The smallest absolute Gasteiger partial charge is 0.225 e. The molecule has 0 aliphatic carbocycles. The van der Waals surface area contributed by atoms with Crippen molar-refractivity contribution in [2.24, 2.45) is 5.92 Å². The van der Waals surface area contributed by atoms with E-state index in [1.165, 1.54) is 0 Å². The largest absolute Gasteiger partial charge is 0.497 e. The molecule has 1 aromatic heterocycles. The SMILES string of the molecule is COc1ccc(CC(=O)N[C@@H](CC(C)C)c2nc3ccccc3[nH]2)c(OC)c1. The van der Waals surface area contributed by atoms with E-state index < -0.39 is 0 Å². The fraction of sp³-hybridized carbons (Fsp3) is 0.364. The number of methoxy groups -OCH3 is 2. The minimum Gasteiger partial charge on any atom is -0.497 e. The summed E-state index contributed by atoms with van der Waals surface area (Å²) in [6.07, 6.45) is 1.02. The molecular weight excluding hydrogens is 354 g/mol. The lowest BCUT2D eigenvalue weighted by Crippen LogP contribution is -2.31. The van der Waals surface area contributed by atoms with E-state index >= 15 is 0 Å². The first-order valence-corrected chi connectivity index (χ1v) is 9.45. The van der Waals surface area contributed by atoms with Crippen LogP contribution in [0.25, 0.3) is 11.0 Å². The summed E-state index contributed by atoms with van der Waals surface area (Å²) in [7, 11) is 3.19. The molecule has 6 nitrogen and oxygen atoms in total. The highest BCUT2D eigenvalue weighted by Gasteiger charge is 2.20. The van der Waals surface area contributed by atoms with Crippen molar-refractivity contribution in [1.29, 1.82) is 0 Å². The van der Waals surface area contributed by atoms with Crippen molar-refractivity contribution < 1.29 is 14.3 Å². The fourth-order valence-electron chi connectivity index (χ4n) is 3.26. The predicted octanol–water partition coefficient (Wildman–Crippen LogP) is 4.03. The topological polar surface area (TPSA) is 76.2 Å². The average Bonchev–Trinajstić information content (AvgIpc) is 3.11. The van der Waals surface area contributed by atoms with E-state index in [4.69, 9.17) is 9.47 Å². The molecule has 0 aliphatic rings. The van der Waals surface area contributed by atoms with E-state index in [0.717, 1.165) is 28.8 Å². The van der Waals surface area contributed by atoms with Gasteiger partial charge in [-0.15, -0.1) is 0 Å². The summed E-state index contributed by atoms with van der Waals surface area (Å²) in [6.45, 7) is 4.27. The highest BCUT2D eigenvalue weighted by Crippen LogP contribution is 2.26. The minimum atomic E-state index is -0.177. The molecule has 1 heterocycles. The van der Waals surface area contributed by atoms with Gasteiger partial charge in [-0.1, -0.05) is 32.0 Å². The Hall–Kier alpha value is -3.02. The number of carbonyl (C=O) groups is 1. The van der Waals surface area contributed by atoms with Crippen molar-refractivity contribution in [3.8, 4) is 11.5 Å². The second kappa shape index (κ2) is 8.78. The third kappa shape index (κ3) is 4.63. The Morgan fingerprint density at radius 3 is 2.61 bits per heavy atom. The predicted molar refractivity (Wildman–Crippen MR) is 110 cm³/mol. The number of carbonyl (C=O) groups excluding carboxylic acids is 1. The van der Waals surface area contributed by atoms with E-state index in [0.29, 0.717) is 17.4 Å². The van der Waals surface area contributed by atoms with Crippen LogP contribution in [-0.4, -0.2) is 30.1 Å². The molecule has 0 aliphatic heterocycles. The Labute approximate surface area is 165 Å². The van der Waals surface area contributed by atoms with Gasteiger partial charge in [-0.25, -0.2) is 4.98 Å². The summed E-state index contributed by atoms with van der Waals surface area (Å²) < 4.78 is 10.6. The fourth-order valence-corrected chi connectivity index (χ4v) is 3.26.